The molecule has 2 aliphatic heterocycles. The number of carbonyl (C=O) groups excluding carboxylic acids is 4. The maximum Gasteiger partial charge on any atom is 0.325 e. The van der Waals surface area contributed by atoms with Crippen LogP contribution in [0.4, 0.5) is 4.79 Å². The predicted octanol–water partition coefficient (Wildman–Crippen LogP) is 1.79. The Kier molecular flexibility index (Phi) is 5.74. The molecule has 0 bridgehead atoms. The average molecular weight is 412 g/mol. The van der Waals surface area contributed by atoms with Crippen LogP contribution in [0.25, 0.3) is 0 Å². The molecular formula is C22H28N4O4. The van der Waals surface area contributed by atoms with Crippen LogP contribution in [-0.2, 0) is 16.1 Å². The van der Waals surface area contributed by atoms with Gasteiger partial charge < -0.3 is 15.5 Å². The van der Waals surface area contributed by atoms with Gasteiger partial charge in [-0.05, 0) is 43.4 Å². The SMILES string of the molecule is O=C(NCCCN1C(=O)NC2(CCCC2)C1=O)c1ccc(CN2CCCC2=O)cc1. The molecule has 3 fully saturated rings. The molecule has 1 spiro atoms. The van der Waals surface area contributed by atoms with E-state index >= 15 is 0 Å². The topological polar surface area (TPSA) is 98.8 Å². The van der Waals surface area contributed by atoms with E-state index in [0.717, 1.165) is 31.4 Å². The number of carbonyl (C=O) groups is 4. The van der Waals surface area contributed by atoms with Gasteiger partial charge in [-0.25, -0.2) is 4.79 Å². The van der Waals surface area contributed by atoms with Gasteiger partial charge in [0.25, 0.3) is 11.8 Å². The van der Waals surface area contributed by atoms with Crippen LogP contribution in [0.15, 0.2) is 24.3 Å². The lowest BCUT2D eigenvalue weighted by atomic mass is 9.98. The maximum atomic E-state index is 12.6. The zero-order valence-electron chi connectivity index (χ0n) is 17.1. The highest BCUT2D eigenvalue weighted by Gasteiger charge is 2.51. The van der Waals surface area contributed by atoms with Crippen LogP contribution in [-0.4, -0.2) is 58.7 Å². The fraction of sp³-hybridized carbons (Fsp3) is 0.545. The second kappa shape index (κ2) is 8.45. The molecule has 1 saturated carbocycles. The van der Waals surface area contributed by atoms with E-state index in [1.807, 2.05) is 17.0 Å². The number of likely N-dealkylation sites (tertiary alicyclic amines) is 1. The maximum absolute atomic E-state index is 12.6. The van der Waals surface area contributed by atoms with Crippen molar-refractivity contribution < 1.29 is 19.2 Å². The van der Waals surface area contributed by atoms with E-state index in [2.05, 4.69) is 10.6 Å². The number of benzene rings is 1. The van der Waals surface area contributed by atoms with E-state index < -0.39 is 5.54 Å². The van der Waals surface area contributed by atoms with Gasteiger partial charge >= 0.3 is 6.03 Å². The number of hydrogen-bond donors (Lipinski definition) is 2. The molecule has 160 valence electrons. The number of amides is 5. The van der Waals surface area contributed by atoms with E-state index in [-0.39, 0.29) is 23.8 Å². The van der Waals surface area contributed by atoms with Gasteiger partial charge in [0.1, 0.15) is 5.54 Å². The van der Waals surface area contributed by atoms with Crippen LogP contribution in [0.2, 0.25) is 0 Å². The quantitative estimate of drug-likeness (QED) is 0.527. The minimum atomic E-state index is -0.679. The largest absolute Gasteiger partial charge is 0.352 e. The summed E-state index contributed by atoms with van der Waals surface area (Å²) in [6, 6.07) is 6.93. The molecular weight excluding hydrogens is 384 g/mol. The number of imide groups is 1. The van der Waals surface area contributed by atoms with Crippen molar-refractivity contribution in [3.05, 3.63) is 35.4 Å². The smallest absolute Gasteiger partial charge is 0.325 e. The van der Waals surface area contributed by atoms with Crippen molar-refractivity contribution in [2.24, 2.45) is 0 Å². The molecule has 0 atom stereocenters. The van der Waals surface area contributed by atoms with E-state index in [4.69, 9.17) is 0 Å². The van der Waals surface area contributed by atoms with Gasteiger partial charge in [0.05, 0.1) is 0 Å². The summed E-state index contributed by atoms with van der Waals surface area (Å²) in [6.45, 7) is 2.05. The second-order valence-corrected chi connectivity index (χ2v) is 8.40. The molecule has 2 saturated heterocycles. The van der Waals surface area contributed by atoms with Gasteiger partial charge in [0.15, 0.2) is 0 Å². The second-order valence-electron chi connectivity index (χ2n) is 8.40. The molecule has 2 heterocycles. The number of nitrogens with zero attached hydrogens (tertiary/aromatic N) is 2. The first kappa shape index (κ1) is 20.4. The molecule has 3 aliphatic rings. The number of nitrogens with one attached hydrogen (secondary N) is 2. The highest BCUT2D eigenvalue weighted by molar-refractivity contribution is 6.07. The van der Waals surface area contributed by atoms with Gasteiger partial charge in [-0.15, -0.1) is 0 Å². The Morgan fingerprint density at radius 1 is 1.07 bits per heavy atom. The van der Waals surface area contributed by atoms with Crippen LogP contribution in [0.1, 0.15) is 60.9 Å². The van der Waals surface area contributed by atoms with Crippen LogP contribution in [0.3, 0.4) is 0 Å². The third-order valence-corrected chi connectivity index (χ3v) is 6.31. The van der Waals surface area contributed by atoms with Crippen molar-refractivity contribution in [3.8, 4) is 0 Å². The van der Waals surface area contributed by atoms with Gasteiger partial charge in [0, 0.05) is 38.2 Å². The molecule has 1 aliphatic carbocycles. The van der Waals surface area contributed by atoms with Crippen molar-refractivity contribution in [2.75, 3.05) is 19.6 Å². The average Bonchev–Trinajstić information content (AvgIpc) is 3.43. The van der Waals surface area contributed by atoms with Gasteiger partial charge in [-0.3, -0.25) is 19.3 Å². The summed E-state index contributed by atoms with van der Waals surface area (Å²) in [4.78, 5) is 51.9. The minimum Gasteiger partial charge on any atom is -0.352 e. The Labute approximate surface area is 176 Å². The van der Waals surface area contributed by atoms with E-state index in [1.165, 1.54) is 4.90 Å². The van der Waals surface area contributed by atoms with Gasteiger partial charge in [-0.2, -0.15) is 0 Å². The van der Waals surface area contributed by atoms with Crippen molar-refractivity contribution >= 4 is 23.8 Å². The molecule has 30 heavy (non-hydrogen) atoms. The zero-order chi connectivity index (χ0) is 21.1. The van der Waals surface area contributed by atoms with Crippen molar-refractivity contribution in [2.45, 2.75) is 57.0 Å². The molecule has 0 unspecified atom stereocenters. The Morgan fingerprint density at radius 3 is 2.47 bits per heavy atom. The molecule has 5 amide bonds. The molecule has 0 radical (unpaired) electrons. The molecule has 2 N–H and O–H groups in total. The zero-order valence-corrected chi connectivity index (χ0v) is 17.1. The van der Waals surface area contributed by atoms with Crippen molar-refractivity contribution in [1.82, 2.24) is 20.4 Å². The number of hydrogen-bond acceptors (Lipinski definition) is 4. The molecule has 8 nitrogen and oxygen atoms in total. The van der Waals surface area contributed by atoms with Crippen LogP contribution < -0.4 is 10.6 Å². The van der Waals surface area contributed by atoms with Crippen molar-refractivity contribution in [3.63, 3.8) is 0 Å². The summed E-state index contributed by atoms with van der Waals surface area (Å²) >= 11 is 0. The normalized spacial score (nSPS) is 20.3. The van der Waals surface area contributed by atoms with Crippen LogP contribution in [0, 0.1) is 0 Å². The number of rotatable bonds is 7. The summed E-state index contributed by atoms with van der Waals surface area (Å²) in [5.41, 5.74) is 0.870. The van der Waals surface area contributed by atoms with E-state index in [1.54, 1.807) is 12.1 Å². The predicted molar refractivity (Wildman–Crippen MR) is 109 cm³/mol. The van der Waals surface area contributed by atoms with E-state index in [9.17, 15) is 19.2 Å². The highest BCUT2D eigenvalue weighted by Crippen LogP contribution is 2.34. The van der Waals surface area contributed by atoms with Gasteiger partial charge in [0.2, 0.25) is 5.91 Å². The Morgan fingerprint density at radius 2 is 1.80 bits per heavy atom. The fourth-order valence-electron chi connectivity index (χ4n) is 4.59. The van der Waals surface area contributed by atoms with Crippen LogP contribution in [0.5, 0.6) is 0 Å². The first-order valence-electron chi connectivity index (χ1n) is 10.8. The summed E-state index contributed by atoms with van der Waals surface area (Å²) < 4.78 is 0. The van der Waals surface area contributed by atoms with Crippen LogP contribution >= 0.6 is 0 Å². The lowest BCUT2D eigenvalue weighted by Crippen LogP contribution is -2.44. The lowest BCUT2D eigenvalue weighted by Gasteiger charge is -2.20. The standard InChI is InChI=1S/C22H28N4O4/c27-18-5-3-13-25(18)15-16-6-8-17(9-7-16)19(28)23-12-4-14-26-20(29)22(24-21(26)30)10-1-2-11-22/h6-9H,1-5,10-15H2,(H,23,28)(H,24,30). The summed E-state index contributed by atoms with van der Waals surface area (Å²) in [7, 11) is 0. The third-order valence-electron chi connectivity index (χ3n) is 6.31. The minimum absolute atomic E-state index is 0.122. The lowest BCUT2D eigenvalue weighted by molar-refractivity contribution is -0.131. The van der Waals surface area contributed by atoms with E-state index in [0.29, 0.717) is 50.9 Å². The fourth-order valence-corrected chi connectivity index (χ4v) is 4.59. The summed E-state index contributed by atoms with van der Waals surface area (Å²) in [6.07, 6.45) is 5.39. The third kappa shape index (κ3) is 4.04. The van der Waals surface area contributed by atoms with Gasteiger partial charge in [-0.1, -0.05) is 25.0 Å². The summed E-state index contributed by atoms with van der Waals surface area (Å²) in [5, 5.41) is 5.70. The molecule has 1 aromatic rings. The Bertz CT molecular complexity index is 845. The monoisotopic (exact) mass is 412 g/mol. The molecule has 0 aromatic heterocycles. The number of urea groups is 1. The van der Waals surface area contributed by atoms with Crippen molar-refractivity contribution in [1.29, 1.82) is 0 Å². The Balaban J connectivity index is 1.22. The Hall–Kier alpha value is -2.90. The first-order chi connectivity index (χ1) is 14.5. The first-order valence-corrected chi connectivity index (χ1v) is 10.8. The molecule has 8 heteroatoms. The molecule has 4 rings (SSSR count). The summed E-state index contributed by atoms with van der Waals surface area (Å²) in [5.74, 6) is -0.132. The molecule has 1 aromatic carbocycles. The highest BCUT2D eigenvalue weighted by atomic mass is 16.2.